The quantitative estimate of drug-likeness (QED) is 0.801. The number of hydrogen-bond acceptors (Lipinski definition) is 2. The Bertz CT molecular complexity index is 653. The molecule has 0 aromatic heterocycles. The monoisotopic (exact) mass is 321 g/mol. The maximum atomic E-state index is 6.32. The van der Waals surface area contributed by atoms with Gasteiger partial charge in [0.25, 0.3) is 0 Å². The summed E-state index contributed by atoms with van der Waals surface area (Å²) in [7, 11) is 0. The fourth-order valence-corrected chi connectivity index (χ4v) is 2.49. The fourth-order valence-electron chi connectivity index (χ4n) is 2.09. The molecule has 0 heterocycles. The topological polar surface area (TPSA) is 21.3 Å². The van der Waals surface area contributed by atoms with Crippen LogP contribution >= 0.6 is 23.2 Å². The summed E-state index contributed by atoms with van der Waals surface area (Å²) in [6, 6.07) is 12.1. The number of hydrogen-bond donors (Lipinski definition) is 1. The Balaban J connectivity index is 1.73. The van der Waals surface area contributed by atoms with Gasteiger partial charge in [-0.2, -0.15) is 0 Å². The maximum Gasteiger partial charge on any atom is 0.146 e. The van der Waals surface area contributed by atoms with Gasteiger partial charge < -0.3 is 10.1 Å². The molecule has 110 valence electrons. The van der Waals surface area contributed by atoms with E-state index in [1.54, 1.807) is 0 Å². The molecule has 21 heavy (non-hydrogen) atoms. The Morgan fingerprint density at radius 2 is 1.90 bits per heavy atom. The first-order chi connectivity index (χ1) is 10.1. The van der Waals surface area contributed by atoms with Crippen molar-refractivity contribution in [1.29, 1.82) is 0 Å². The van der Waals surface area contributed by atoms with Crippen molar-refractivity contribution in [2.45, 2.75) is 32.4 Å². The molecule has 1 aliphatic carbocycles. The van der Waals surface area contributed by atoms with Crippen molar-refractivity contribution in [3.05, 3.63) is 57.6 Å². The molecular formula is C17H17Cl2NO. The van der Waals surface area contributed by atoms with Gasteiger partial charge in [0.2, 0.25) is 0 Å². The van der Waals surface area contributed by atoms with Crippen LogP contribution in [0.1, 0.15) is 24.0 Å². The first-order valence-corrected chi connectivity index (χ1v) is 7.83. The van der Waals surface area contributed by atoms with Crippen LogP contribution in [0.3, 0.4) is 0 Å². The van der Waals surface area contributed by atoms with Gasteiger partial charge in [0.15, 0.2) is 0 Å². The summed E-state index contributed by atoms with van der Waals surface area (Å²) in [5, 5.41) is 4.76. The molecule has 0 atom stereocenters. The summed E-state index contributed by atoms with van der Waals surface area (Å²) in [6.45, 7) is 2.80. The van der Waals surface area contributed by atoms with E-state index in [-0.39, 0.29) is 0 Å². The van der Waals surface area contributed by atoms with E-state index in [4.69, 9.17) is 27.9 Å². The molecule has 2 nitrogen and oxygen atoms in total. The van der Waals surface area contributed by atoms with Crippen LogP contribution in [0.4, 0.5) is 0 Å². The Morgan fingerprint density at radius 1 is 1.10 bits per heavy atom. The number of rotatable bonds is 5. The largest absolute Gasteiger partial charge is 0.456 e. The minimum atomic E-state index is 0.594. The van der Waals surface area contributed by atoms with Gasteiger partial charge >= 0.3 is 0 Å². The predicted molar refractivity (Wildman–Crippen MR) is 87.6 cm³/mol. The van der Waals surface area contributed by atoms with Crippen molar-refractivity contribution in [3.8, 4) is 11.5 Å². The molecule has 2 aromatic carbocycles. The molecule has 0 amide bonds. The van der Waals surface area contributed by atoms with Crippen LogP contribution in [-0.4, -0.2) is 6.04 Å². The maximum absolute atomic E-state index is 6.32. The van der Waals surface area contributed by atoms with Gasteiger partial charge in [0.1, 0.15) is 11.5 Å². The third-order valence-corrected chi connectivity index (χ3v) is 4.16. The molecule has 1 aliphatic rings. The van der Waals surface area contributed by atoms with Gasteiger partial charge in [-0.3, -0.25) is 0 Å². The zero-order valence-electron chi connectivity index (χ0n) is 11.8. The molecule has 0 bridgehead atoms. The highest BCUT2D eigenvalue weighted by Gasteiger charge is 2.20. The minimum absolute atomic E-state index is 0.594. The average Bonchev–Trinajstić information content (AvgIpc) is 3.26. The Kier molecular flexibility index (Phi) is 4.39. The predicted octanol–water partition coefficient (Wildman–Crippen LogP) is 5.35. The standard InChI is InChI=1S/C17H17Cl2NO/c1-11-2-7-15(18)17(8-11)21-14-6-3-12(16(19)9-14)10-20-13-4-5-13/h2-3,6-9,13,20H,4-5,10H2,1H3. The van der Waals surface area contributed by atoms with Gasteiger partial charge in [-0.05, 0) is 55.2 Å². The second kappa shape index (κ2) is 6.27. The van der Waals surface area contributed by atoms with Crippen LogP contribution in [0.5, 0.6) is 11.5 Å². The molecule has 1 N–H and O–H groups in total. The van der Waals surface area contributed by atoms with Crippen LogP contribution in [0.2, 0.25) is 10.0 Å². The zero-order valence-corrected chi connectivity index (χ0v) is 13.3. The lowest BCUT2D eigenvalue weighted by atomic mass is 10.2. The summed E-state index contributed by atoms with van der Waals surface area (Å²) in [6.07, 6.45) is 2.54. The molecule has 2 aromatic rings. The molecule has 0 saturated heterocycles. The minimum Gasteiger partial charge on any atom is -0.456 e. The number of aryl methyl sites for hydroxylation is 1. The molecular weight excluding hydrogens is 305 g/mol. The van der Waals surface area contributed by atoms with Crippen LogP contribution in [0, 0.1) is 6.92 Å². The van der Waals surface area contributed by atoms with E-state index >= 15 is 0 Å². The summed E-state index contributed by atoms with van der Waals surface area (Å²) >= 11 is 12.5. The number of benzene rings is 2. The fraction of sp³-hybridized carbons (Fsp3) is 0.294. The Labute approximate surface area is 135 Å². The zero-order chi connectivity index (χ0) is 14.8. The van der Waals surface area contributed by atoms with Crippen molar-refractivity contribution < 1.29 is 4.74 Å². The molecule has 4 heteroatoms. The van der Waals surface area contributed by atoms with E-state index < -0.39 is 0 Å². The average molecular weight is 322 g/mol. The number of ether oxygens (including phenoxy) is 1. The van der Waals surface area contributed by atoms with Gasteiger partial charge in [-0.1, -0.05) is 35.3 Å². The second-order valence-corrected chi connectivity index (χ2v) is 6.26. The van der Waals surface area contributed by atoms with Gasteiger partial charge in [-0.15, -0.1) is 0 Å². The SMILES string of the molecule is Cc1ccc(Cl)c(Oc2ccc(CNC3CC3)c(Cl)c2)c1. The van der Waals surface area contributed by atoms with Crippen molar-refractivity contribution in [3.63, 3.8) is 0 Å². The van der Waals surface area contributed by atoms with E-state index in [1.165, 1.54) is 12.8 Å². The van der Waals surface area contributed by atoms with Crippen LogP contribution in [0.15, 0.2) is 36.4 Å². The third-order valence-electron chi connectivity index (χ3n) is 3.50. The lowest BCUT2D eigenvalue weighted by Gasteiger charge is -2.11. The molecule has 1 saturated carbocycles. The summed E-state index contributed by atoms with van der Waals surface area (Å²) < 4.78 is 5.83. The Hall–Kier alpha value is -1.22. The lowest BCUT2D eigenvalue weighted by molar-refractivity contribution is 0.482. The summed E-state index contributed by atoms with van der Waals surface area (Å²) in [5.74, 6) is 1.35. The summed E-state index contributed by atoms with van der Waals surface area (Å²) in [5.41, 5.74) is 2.19. The van der Waals surface area contributed by atoms with Gasteiger partial charge in [0.05, 0.1) is 5.02 Å². The normalized spacial score (nSPS) is 14.2. The van der Waals surface area contributed by atoms with Gasteiger partial charge in [-0.25, -0.2) is 0 Å². The van der Waals surface area contributed by atoms with Crippen LogP contribution in [0.25, 0.3) is 0 Å². The number of halogens is 2. The highest BCUT2D eigenvalue weighted by molar-refractivity contribution is 6.32. The van der Waals surface area contributed by atoms with Crippen molar-refractivity contribution in [2.24, 2.45) is 0 Å². The lowest BCUT2D eigenvalue weighted by Crippen LogP contribution is -2.15. The number of nitrogens with one attached hydrogen (secondary N) is 1. The molecule has 1 fully saturated rings. The Morgan fingerprint density at radius 3 is 2.62 bits per heavy atom. The van der Waals surface area contributed by atoms with Gasteiger partial charge in [0, 0.05) is 17.6 Å². The second-order valence-electron chi connectivity index (χ2n) is 5.44. The molecule has 0 radical (unpaired) electrons. The van der Waals surface area contributed by atoms with E-state index in [0.717, 1.165) is 17.7 Å². The van der Waals surface area contributed by atoms with E-state index in [0.29, 0.717) is 27.6 Å². The van der Waals surface area contributed by atoms with E-state index in [9.17, 15) is 0 Å². The van der Waals surface area contributed by atoms with Crippen molar-refractivity contribution in [2.75, 3.05) is 0 Å². The summed E-state index contributed by atoms with van der Waals surface area (Å²) in [4.78, 5) is 0. The van der Waals surface area contributed by atoms with E-state index in [2.05, 4.69) is 5.32 Å². The third kappa shape index (κ3) is 3.91. The first kappa shape index (κ1) is 14.7. The highest BCUT2D eigenvalue weighted by atomic mass is 35.5. The van der Waals surface area contributed by atoms with Crippen LogP contribution < -0.4 is 10.1 Å². The molecule has 0 aliphatic heterocycles. The first-order valence-electron chi connectivity index (χ1n) is 7.07. The molecule has 0 unspecified atom stereocenters. The van der Waals surface area contributed by atoms with E-state index in [1.807, 2.05) is 43.3 Å². The van der Waals surface area contributed by atoms with Crippen molar-refractivity contribution >= 4 is 23.2 Å². The molecule has 0 spiro atoms. The van der Waals surface area contributed by atoms with Crippen molar-refractivity contribution in [1.82, 2.24) is 5.32 Å². The molecule has 3 rings (SSSR count). The highest BCUT2D eigenvalue weighted by Crippen LogP contribution is 2.32. The smallest absolute Gasteiger partial charge is 0.146 e. The van der Waals surface area contributed by atoms with Crippen LogP contribution in [-0.2, 0) is 6.54 Å².